The van der Waals surface area contributed by atoms with Gasteiger partial charge in [-0.3, -0.25) is 0 Å². The van der Waals surface area contributed by atoms with Gasteiger partial charge in [0.25, 0.3) is 0 Å². The number of hydrogen-bond acceptors (Lipinski definition) is 1. The van der Waals surface area contributed by atoms with E-state index in [0.717, 1.165) is 6.42 Å². The Balaban J connectivity index is 2.34. The minimum absolute atomic E-state index is 0.213. The first-order valence-electron chi connectivity index (χ1n) is 4.62. The van der Waals surface area contributed by atoms with Gasteiger partial charge in [0.2, 0.25) is 0 Å². The molecule has 76 valence electrons. The Labute approximate surface area is 94.4 Å². The van der Waals surface area contributed by atoms with E-state index in [2.05, 4.69) is 19.1 Å². The van der Waals surface area contributed by atoms with Crippen molar-refractivity contribution in [3.8, 4) is 0 Å². The molecule has 0 aliphatic carbocycles. The molecule has 1 aromatic carbocycles. The van der Waals surface area contributed by atoms with Crippen molar-refractivity contribution in [1.82, 2.24) is 0 Å². The molecule has 0 aliphatic heterocycles. The maximum absolute atomic E-state index is 10.4. The van der Waals surface area contributed by atoms with Crippen LogP contribution in [0.5, 0.6) is 0 Å². The molecular weight excluding hydrogens is 292 g/mol. The number of carboxylic acid groups (broad SMARTS) is 1. The van der Waals surface area contributed by atoms with Crippen LogP contribution < -0.4 is 3.61 Å². The molecule has 0 spiro atoms. The van der Waals surface area contributed by atoms with Gasteiger partial charge >= 0.3 is 94.5 Å². The first-order chi connectivity index (χ1) is 6.68. The quantitative estimate of drug-likeness (QED) is 0.841. The van der Waals surface area contributed by atoms with Gasteiger partial charge in [-0.05, 0) is 0 Å². The van der Waals surface area contributed by atoms with Crippen LogP contribution >= 0.6 is 0 Å². The van der Waals surface area contributed by atoms with E-state index in [4.69, 9.17) is 5.11 Å². The van der Waals surface area contributed by atoms with E-state index in [9.17, 15) is 4.79 Å². The fourth-order valence-corrected chi connectivity index (χ4v) is 4.01. The summed E-state index contributed by atoms with van der Waals surface area (Å²) in [4.78, 5) is 10.4. The Morgan fingerprint density at radius 3 is 2.64 bits per heavy atom. The Morgan fingerprint density at radius 1 is 1.43 bits per heavy atom. The van der Waals surface area contributed by atoms with E-state index in [1.807, 2.05) is 18.2 Å². The molecule has 0 heterocycles. The average Bonchev–Trinajstić information content (AvgIpc) is 2.16. The van der Waals surface area contributed by atoms with Gasteiger partial charge in [0.15, 0.2) is 0 Å². The first-order valence-corrected chi connectivity index (χ1v) is 7.13. The van der Waals surface area contributed by atoms with Crippen molar-refractivity contribution >= 4 is 30.5 Å². The molecule has 1 rings (SSSR count). The SMILES string of the molecule is CC(CCC(=O)O)[Te]c1ccccc1. The van der Waals surface area contributed by atoms with Crippen LogP contribution in [-0.2, 0) is 4.79 Å². The summed E-state index contributed by atoms with van der Waals surface area (Å²) >= 11 is -0.213. The third kappa shape index (κ3) is 4.64. The van der Waals surface area contributed by atoms with Crippen LogP contribution in [0, 0.1) is 0 Å². The zero-order valence-electron chi connectivity index (χ0n) is 8.14. The van der Waals surface area contributed by atoms with E-state index in [-0.39, 0.29) is 20.9 Å². The van der Waals surface area contributed by atoms with Crippen LogP contribution in [0.15, 0.2) is 30.3 Å². The second kappa shape index (κ2) is 6.06. The van der Waals surface area contributed by atoms with Crippen LogP contribution in [0.4, 0.5) is 0 Å². The van der Waals surface area contributed by atoms with Crippen LogP contribution in [0.25, 0.3) is 0 Å². The average molecular weight is 306 g/mol. The van der Waals surface area contributed by atoms with E-state index >= 15 is 0 Å². The number of benzene rings is 1. The summed E-state index contributed by atoms with van der Waals surface area (Å²) < 4.78 is 1.98. The molecule has 0 saturated carbocycles. The third-order valence-electron chi connectivity index (χ3n) is 1.85. The van der Waals surface area contributed by atoms with Gasteiger partial charge < -0.3 is 0 Å². The number of rotatable bonds is 5. The molecule has 0 radical (unpaired) electrons. The molecule has 2 nitrogen and oxygen atoms in total. The summed E-state index contributed by atoms with van der Waals surface area (Å²) in [7, 11) is 0. The van der Waals surface area contributed by atoms with Crippen LogP contribution in [0.3, 0.4) is 0 Å². The summed E-state index contributed by atoms with van der Waals surface area (Å²) in [6.45, 7) is 2.15. The molecule has 1 unspecified atom stereocenters. The normalized spacial score (nSPS) is 12.4. The molecule has 0 amide bonds. The number of carboxylic acids is 1. The summed E-state index contributed by atoms with van der Waals surface area (Å²) in [5.41, 5.74) is 0. The monoisotopic (exact) mass is 308 g/mol. The summed E-state index contributed by atoms with van der Waals surface area (Å²) in [5.74, 6) is -0.683. The molecule has 14 heavy (non-hydrogen) atoms. The van der Waals surface area contributed by atoms with Gasteiger partial charge in [-0.2, -0.15) is 0 Å². The Bertz CT molecular complexity index is 285. The Kier molecular flexibility index (Phi) is 5.00. The van der Waals surface area contributed by atoms with E-state index in [1.165, 1.54) is 3.61 Å². The molecule has 1 atom stereocenters. The molecule has 1 aromatic rings. The molecular formula is C11H14O2Te. The van der Waals surface area contributed by atoms with E-state index in [1.54, 1.807) is 0 Å². The van der Waals surface area contributed by atoms with Crippen molar-refractivity contribution < 1.29 is 9.90 Å². The van der Waals surface area contributed by atoms with Crippen molar-refractivity contribution in [2.45, 2.75) is 23.7 Å². The predicted octanol–water partition coefficient (Wildman–Crippen LogP) is 1.69. The molecule has 0 aliphatic rings. The first kappa shape index (κ1) is 11.6. The Hall–Kier alpha value is -0.520. The van der Waals surface area contributed by atoms with Crippen molar-refractivity contribution in [3.05, 3.63) is 30.3 Å². The fraction of sp³-hybridized carbons (Fsp3) is 0.364. The minimum atomic E-state index is -0.683. The standard InChI is InChI=1S/C11H14O2Te/c1-9(7-8-11(12)13)14-10-5-3-2-4-6-10/h2-6,9H,7-8H2,1H3,(H,12,13). The predicted molar refractivity (Wildman–Crippen MR) is 58.1 cm³/mol. The number of aliphatic carboxylic acids is 1. The molecule has 0 bridgehead atoms. The molecule has 0 saturated heterocycles. The van der Waals surface area contributed by atoms with Crippen molar-refractivity contribution in [2.75, 3.05) is 0 Å². The zero-order valence-corrected chi connectivity index (χ0v) is 10.5. The molecule has 3 heteroatoms. The van der Waals surface area contributed by atoms with Gasteiger partial charge in [0, 0.05) is 0 Å². The number of hydrogen-bond donors (Lipinski definition) is 1. The van der Waals surface area contributed by atoms with Gasteiger partial charge in [-0.1, -0.05) is 0 Å². The van der Waals surface area contributed by atoms with Crippen molar-refractivity contribution in [1.29, 1.82) is 0 Å². The van der Waals surface area contributed by atoms with Gasteiger partial charge in [0.1, 0.15) is 0 Å². The van der Waals surface area contributed by atoms with E-state index < -0.39 is 5.97 Å². The summed E-state index contributed by atoms with van der Waals surface area (Å²) in [5, 5.41) is 8.54. The number of carbonyl (C=O) groups is 1. The maximum atomic E-state index is 10.4. The zero-order chi connectivity index (χ0) is 10.4. The van der Waals surface area contributed by atoms with Crippen LogP contribution in [0.1, 0.15) is 19.8 Å². The van der Waals surface area contributed by atoms with Crippen LogP contribution in [0.2, 0.25) is 3.97 Å². The summed E-state index contributed by atoms with van der Waals surface area (Å²) in [6.07, 6.45) is 1.12. The van der Waals surface area contributed by atoms with Gasteiger partial charge in [-0.25, -0.2) is 0 Å². The van der Waals surface area contributed by atoms with Crippen molar-refractivity contribution in [2.24, 2.45) is 0 Å². The van der Waals surface area contributed by atoms with Gasteiger partial charge in [-0.15, -0.1) is 0 Å². The van der Waals surface area contributed by atoms with Gasteiger partial charge in [0.05, 0.1) is 0 Å². The second-order valence-corrected chi connectivity index (χ2v) is 7.49. The topological polar surface area (TPSA) is 37.3 Å². The third-order valence-corrected chi connectivity index (χ3v) is 5.22. The molecule has 1 N–H and O–H groups in total. The molecule has 0 aromatic heterocycles. The Morgan fingerprint density at radius 2 is 2.07 bits per heavy atom. The van der Waals surface area contributed by atoms with E-state index in [0.29, 0.717) is 10.4 Å². The van der Waals surface area contributed by atoms with Crippen LogP contribution in [-0.4, -0.2) is 32.0 Å². The molecule has 0 fully saturated rings. The van der Waals surface area contributed by atoms with Crippen molar-refractivity contribution in [3.63, 3.8) is 0 Å². The fourth-order valence-electron chi connectivity index (χ4n) is 1.12. The summed E-state index contributed by atoms with van der Waals surface area (Å²) in [6, 6.07) is 10.4. The second-order valence-electron chi connectivity index (χ2n) is 3.17.